The topological polar surface area (TPSA) is 80.7 Å². The Bertz CT molecular complexity index is 351. The van der Waals surface area contributed by atoms with Gasteiger partial charge in [-0.25, -0.2) is 8.42 Å². The Morgan fingerprint density at radius 1 is 1.56 bits per heavy atom. The van der Waals surface area contributed by atoms with Crippen LogP contribution in [0.2, 0.25) is 0 Å². The second kappa shape index (κ2) is 5.37. The zero-order valence-corrected chi connectivity index (χ0v) is 10.9. The number of aliphatic hydroxyl groups excluding tert-OH is 1. The van der Waals surface area contributed by atoms with E-state index in [0.29, 0.717) is 0 Å². The zero-order valence-electron chi connectivity index (χ0n) is 9.25. The quantitative estimate of drug-likeness (QED) is 0.713. The number of sulfone groups is 1. The van der Waals surface area contributed by atoms with Crippen LogP contribution in [0.3, 0.4) is 0 Å². The van der Waals surface area contributed by atoms with E-state index in [1.54, 1.807) is 0 Å². The number of hydrogen-bond donors (Lipinski definition) is 1. The molecular weight excluding hydrogens is 252 g/mol. The predicted octanol–water partition coefficient (Wildman–Crippen LogP) is -0.171. The fraction of sp³-hybridized carbons (Fsp3) is 0.889. The van der Waals surface area contributed by atoms with Gasteiger partial charge in [0.05, 0.1) is 31.1 Å². The van der Waals surface area contributed by atoms with Gasteiger partial charge in [0.25, 0.3) is 0 Å². The molecule has 1 fully saturated rings. The van der Waals surface area contributed by atoms with Gasteiger partial charge in [-0.3, -0.25) is 4.79 Å². The van der Waals surface area contributed by atoms with Crippen LogP contribution in [0.5, 0.6) is 0 Å². The third-order valence-corrected chi connectivity index (χ3v) is 5.75. The highest BCUT2D eigenvalue weighted by Crippen LogP contribution is 2.29. The molecular formula is C9H16O5S2. The first-order valence-electron chi connectivity index (χ1n) is 4.95. The molecule has 0 bridgehead atoms. The van der Waals surface area contributed by atoms with E-state index in [1.807, 2.05) is 6.92 Å². The Labute approximate surface area is 99.5 Å². The van der Waals surface area contributed by atoms with Crippen molar-refractivity contribution in [1.82, 2.24) is 0 Å². The Morgan fingerprint density at radius 2 is 2.19 bits per heavy atom. The summed E-state index contributed by atoms with van der Waals surface area (Å²) in [5.74, 6) is -0.504. The van der Waals surface area contributed by atoms with Crippen molar-refractivity contribution in [1.29, 1.82) is 0 Å². The Kier molecular flexibility index (Phi) is 4.63. The first kappa shape index (κ1) is 13.8. The summed E-state index contributed by atoms with van der Waals surface area (Å²) >= 11 is 1.33. The summed E-state index contributed by atoms with van der Waals surface area (Å²) in [5, 5.41) is 9.16. The molecule has 1 aliphatic rings. The molecule has 0 aromatic heterocycles. The lowest BCUT2D eigenvalue weighted by atomic mass is 10.3. The maximum atomic E-state index is 11.2. The number of carbonyl (C=O) groups is 1. The highest BCUT2D eigenvalue weighted by molar-refractivity contribution is 8.02. The van der Waals surface area contributed by atoms with Crippen molar-refractivity contribution in [2.75, 3.05) is 18.6 Å². The second-order valence-corrected chi connectivity index (χ2v) is 7.75. The fourth-order valence-corrected chi connectivity index (χ4v) is 5.37. The summed E-state index contributed by atoms with van der Waals surface area (Å²) in [6.45, 7) is 1.82. The fourth-order valence-electron chi connectivity index (χ4n) is 1.59. The maximum absolute atomic E-state index is 11.2. The van der Waals surface area contributed by atoms with Crippen molar-refractivity contribution >= 4 is 27.6 Å². The molecule has 1 saturated heterocycles. The van der Waals surface area contributed by atoms with Gasteiger partial charge in [-0.05, 0) is 0 Å². The molecule has 0 aromatic rings. The van der Waals surface area contributed by atoms with Gasteiger partial charge in [0.2, 0.25) is 0 Å². The Morgan fingerprint density at radius 3 is 2.62 bits per heavy atom. The molecule has 1 heterocycles. The molecule has 7 heteroatoms. The second-order valence-electron chi connectivity index (χ2n) is 3.91. The lowest BCUT2D eigenvalue weighted by Crippen LogP contribution is -2.23. The minimum Gasteiger partial charge on any atom is -0.469 e. The van der Waals surface area contributed by atoms with E-state index in [2.05, 4.69) is 4.74 Å². The smallest absolute Gasteiger partial charge is 0.306 e. The van der Waals surface area contributed by atoms with E-state index in [9.17, 15) is 18.3 Å². The van der Waals surface area contributed by atoms with E-state index in [-0.39, 0.29) is 34.4 Å². The van der Waals surface area contributed by atoms with Crippen molar-refractivity contribution in [3.63, 3.8) is 0 Å². The Balaban J connectivity index is 2.46. The number of carbonyl (C=O) groups excluding carboxylic acids is 1. The summed E-state index contributed by atoms with van der Waals surface area (Å²) < 4.78 is 27.0. The minimum atomic E-state index is -3.11. The summed E-state index contributed by atoms with van der Waals surface area (Å²) in [5.41, 5.74) is 0. The average molecular weight is 268 g/mol. The molecule has 0 aliphatic carbocycles. The van der Waals surface area contributed by atoms with E-state index >= 15 is 0 Å². The van der Waals surface area contributed by atoms with Gasteiger partial charge in [-0.1, -0.05) is 6.92 Å². The maximum Gasteiger partial charge on any atom is 0.306 e. The van der Waals surface area contributed by atoms with Crippen LogP contribution in [0.4, 0.5) is 0 Å². The molecule has 0 aromatic carbocycles. The van der Waals surface area contributed by atoms with E-state index in [0.717, 1.165) is 0 Å². The minimum absolute atomic E-state index is 0.00958. The predicted molar refractivity (Wildman–Crippen MR) is 62.1 cm³/mol. The molecule has 0 spiro atoms. The summed E-state index contributed by atoms with van der Waals surface area (Å²) in [4.78, 5) is 11.0. The first-order valence-corrected chi connectivity index (χ1v) is 7.71. The summed E-state index contributed by atoms with van der Waals surface area (Å²) in [7, 11) is -1.80. The van der Waals surface area contributed by atoms with Gasteiger partial charge in [0, 0.05) is 10.5 Å². The van der Waals surface area contributed by atoms with Crippen LogP contribution < -0.4 is 0 Å². The van der Waals surface area contributed by atoms with E-state index in [4.69, 9.17) is 0 Å². The highest BCUT2D eigenvalue weighted by atomic mass is 32.2. The van der Waals surface area contributed by atoms with Gasteiger partial charge in [-0.2, -0.15) is 11.8 Å². The number of methoxy groups -OCH3 is 1. The lowest BCUT2D eigenvalue weighted by Gasteiger charge is -2.16. The van der Waals surface area contributed by atoms with Crippen LogP contribution in [0.15, 0.2) is 0 Å². The van der Waals surface area contributed by atoms with Crippen LogP contribution in [-0.2, 0) is 19.4 Å². The molecule has 0 amide bonds. The molecule has 16 heavy (non-hydrogen) atoms. The average Bonchev–Trinajstić information content (AvgIpc) is 2.39. The van der Waals surface area contributed by atoms with Crippen LogP contribution in [0, 0.1) is 0 Å². The van der Waals surface area contributed by atoms with E-state index in [1.165, 1.54) is 18.9 Å². The zero-order chi connectivity index (χ0) is 12.3. The van der Waals surface area contributed by atoms with Gasteiger partial charge in [-0.15, -0.1) is 0 Å². The normalized spacial score (nSPS) is 29.9. The SMILES string of the molecule is COC(=O)CC(C)SC1CS(=O)(=O)CC1O. The molecule has 5 nitrogen and oxygen atoms in total. The molecule has 1 rings (SSSR count). The molecule has 94 valence electrons. The highest BCUT2D eigenvalue weighted by Gasteiger charge is 2.37. The van der Waals surface area contributed by atoms with Gasteiger partial charge >= 0.3 is 5.97 Å². The molecule has 1 N–H and O–H groups in total. The van der Waals surface area contributed by atoms with Crippen LogP contribution in [0.1, 0.15) is 13.3 Å². The van der Waals surface area contributed by atoms with Gasteiger partial charge < -0.3 is 9.84 Å². The van der Waals surface area contributed by atoms with Crippen molar-refractivity contribution in [2.45, 2.75) is 29.9 Å². The van der Waals surface area contributed by atoms with Crippen molar-refractivity contribution < 1.29 is 23.1 Å². The number of aliphatic hydroxyl groups is 1. The third kappa shape index (κ3) is 3.95. The van der Waals surface area contributed by atoms with Gasteiger partial charge in [0.1, 0.15) is 0 Å². The summed E-state index contributed by atoms with van der Waals surface area (Å²) in [6, 6.07) is 0. The largest absolute Gasteiger partial charge is 0.469 e. The van der Waals surface area contributed by atoms with Gasteiger partial charge in [0.15, 0.2) is 9.84 Å². The number of esters is 1. The molecule has 0 radical (unpaired) electrons. The molecule has 1 aliphatic heterocycles. The lowest BCUT2D eigenvalue weighted by molar-refractivity contribution is -0.140. The van der Waals surface area contributed by atoms with E-state index < -0.39 is 15.9 Å². The first-order chi connectivity index (χ1) is 7.34. The third-order valence-electron chi connectivity index (χ3n) is 2.36. The van der Waals surface area contributed by atoms with Crippen LogP contribution in [-0.4, -0.2) is 54.7 Å². The number of ether oxygens (including phenoxy) is 1. The molecule has 0 saturated carbocycles. The Hall–Kier alpha value is -0.270. The molecule has 3 atom stereocenters. The molecule has 3 unspecified atom stereocenters. The van der Waals surface area contributed by atoms with Crippen LogP contribution in [0.25, 0.3) is 0 Å². The number of hydrogen-bond acceptors (Lipinski definition) is 6. The standard InChI is InChI=1S/C9H16O5S2/c1-6(3-9(11)14-2)15-8-5-16(12,13)4-7(8)10/h6-8,10H,3-5H2,1-2H3. The number of thioether (sulfide) groups is 1. The van der Waals surface area contributed by atoms with Crippen molar-refractivity contribution in [3.8, 4) is 0 Å². The monoisotopic (exact) mass is 268 g/mol. The number of rotatable bonds is 4. The van der Waals surface area contributed by atoms with Crippen LogP contribution >= 0.6 is 11.8 Å². The van der Waals surface area contributed by atoms with Crippen molar-refractivity contribution in [3.05, 3.63) is 0 Å². The summed E-state index contributed by atoms with van der Waals surface area (Å²) in [6.07, 6.45) is -0.597. The van der Waals surface area contributed by atoms with Crippen molar-refractivity contribution in [2.24, 2.45) is 0 Å².